The first-order chi connectivity index (χ1) is 5.86. The second kappa shape index (κ2) is 4.92. The minimum atomic E-state index is 0.400. The molecule has 0 spiro atoms. The van der Waals surface area contributed by atoms with Crippen molar-refractivity contribution in [1.82, 2.24) is 15.0 Å². The van der Waals surface area contributed by atoms with Crippen LogP contribution in [0.2, 0.25) is 0 Å². The van der Waals surface area contributed by atoms with Gasteiger partial charge in [0.15, 0.2) is 6.29 Å². The number of carbonyl (C=O) groups is 1. The minimum absolute atomic E-state index is 0.400. The Bertz CT molecular complexity index is 249. The zero-order chi connectivity index (χ0) is 8.81. The van der Waals surface area contributed by atoms with Crippen LogP contribution in [-0.2, 0) is 6.54 Å². The standard InChI is InChI=1S/C7H11N3OS/c1-2-12-4-3-10-5-7(6-11)8-9-10/h5-6H,2-4H2,1H3. The van der Waals surface area contributed by atoms with Crippen molar-refractivity contribution in [2.24, 2.45) is 0 Å². The molecule has 0 unspecified atom stereocenters. The molecule has 4 nitrogen and oxygen atoms in total. The van der Waals surface area contributed by atoms with E-state index >= 15 is 0 Å². The normalized spacial score (nSPS) is 10.1. The van der Waals surface area contributed by atoms with Crippen LogP contribution in [0, 0.1) is 0 Å². The lowest BCUT2D eigenvalue weighted by atomic mass is 10.5. The third kappa shape index (κ3) is 2.65. The van der Waals surface area contributed by atoms with Gasteiger partial charge in [-0.2, -0.15) is 11.8 Å². The van der Waals surface area contributed by atoms with E-state index in [4.69, 9.17) is 0 Å². The summed E-state index contributed by atoms with van der Waals surface area (Å²) < 4.78 is 1.69. The second-order valence-corrected chi connectivity index (χ2v) is 3.62. The molecule has 0 saturated heterocycles. The van der Waals surface area contributed by atoms with Gasteiger partial charge in [0, 0.05) is 5.75 Å². The fourth-order valence-corrected chi connectivity index (χ4v) is 1.38. The van der Waals surface area contributed by atoms with Gasteiger partial charge >= 0.3 is 0 Å². The molecule has 0 amide bonds. The first-order valence-electron chi connectivity index (χ1n) is 3.80. The Hall–Kier alpha value is -0.840. The zero-order valence-electron chi connectivity index (χ0n) is 6.93. The highest BCUT2D eigenvalue weighted by Crippen LogP contribution is 1.99. The monoisotopic (exact) mass is 185 g/mol. The number of rotatable bonds is 5. The lowest BCUT2D eigenvalue weighted by Gasteiger charge is -1.96. The van der Waals surface area contributed by atoms with Crippen molar-refractivity contribution in [3.05, 3.63) is 11.9 Å². The highest BCUT2D eigenvalue weighted by molar-refractivity contribution is 7.99. The van der Waals surface area contributed by atoms with Crippen molar-refractivity contribution >= 4 is 18.0 Å². The Kier molecular flexibility index (Phi) is 3.79. The number of hydrogen-bond acceptors (Lipinski definition) is 4. The molecule has 5 heteroatoms. The molecule has 0 aromatic carbocycles. The van der Waals surface area contributed by atoms with E-state index in [9.17, 15) is 4.79 Å². The Morgan fingerprint density at radius 1 is 1.75 bits per heavy atom. The van der Waals surface area contributed by atoms with Gasteiger partial charge in [0.1, 0.15) is 5.69 Å². The van der Waals surface area contributed by atoms with E-state index < -0.39 is 0 Å². The van der Waals surface area contributed by atoms with E-state index in [2.05, 4.69) is 17.2 Å². The molecule has 0 bridgehead atoms. The second-order valence-electron chi connectivity index (χ2n) is 2.22. The van der Waals surface area contributed by atoms with Gasteiger partial charge in [0.05, 0.1) is 12.7 Å². The summed E-state index contributed by atoms with van der Waals surface area (Å²) in [4.78, 5) is 10.2. The number of nitrogens with zero attached hydrogens (tertiary/aromatic N) is 3. The molecular weight excluding hydrogens is 174 g/mol. The molecule has 66 valence electrons. The molecular formula is C7H11N3OS. The quantitative estimate of drug-likeness (QED) is 0.504. The van der Waals surface area contributed by atoms with E-state index in [0.717, 1.165) is 18.1 Å². The third-order valence-corrected chi connectivity index (χ3v) is 2.23. The minimum Gasteiger partial charge on any atom is -0.296 e. The van der Waals surface area contributed by atoms with Crippen LogP contribution in [0.4, 0.5) is 0 Å². The van der Waals surface area contributed by atoms with Gasteiger partial charge in [-0.05, 0) is 5.75 Å². The molecule has 0 atom stereocenters. The van der Waals surface area contributed by atoms with Crippen molar-refractivity contribution in [3.63, 3.8) is 0 Å². The van der Waals surface area contributed by atoms with Crippen molar-refractivity contribution in [2.75, 3.05) is 11.5 Å². The third-order valence-electron chi connectivity index (χ3n) is 1.35. The van der Waals surface area contributed by atoms with Gasteiger partial charge < -0.3 is 0 Å². The summed E-state index contributed by atoms with van der Waals surface area (Å²) in [6.07, 6.45) is 2.36. The van der Waals surface area contributed by atoms with Crippen LogP contribution in [0.15, 0.2) is 6.20 Å². The number of aldehydes is 1. The van der Waals surface area contributed by atoms with Crippen LogP contribution in [0.3, 0.4) is 0 Å². The molecule has 0 aliphatic rings. The highest BCUT2D eigenvalue weighted by atomic mass is 32.2. The first-order valence-corrected chi connectivity index (χ1v) is 4.95. The van der Waals surface area contributed by atoms with Crippen LogP contribution < -0.4 is 0 Å². The van der Waals surface area contributed by atoms with Crippen LogP contribution in [0.25, 0.3) is 0 Å². The number of aryl methyl sites for hydroxylation is 1. The number of aromatic nitrogens is 3. The maximum atomic E-state index is 10.2. The molecule has 0 fully saturated rings. The Balaban J connectivity index is 2.36. The summed E-state index contributed by atoms with van der Waals surface area (Å²) in [5.74, 6) is 2.12. The summed E-state index contributed by atoms with van der Waals surface area (Å²) in [5, 5.41) is 7.43. The summed E-state index contributed by atoms with van der Waals surface area (Å²) in [6, 6.07) is 0. The summed E-state index contributed by atoms with van der Waals surface area (Å²) in [5.41, 5.74) is 0.400. The summed E-state index contributed by atoms with van der Waals surface area (Å²) >= 11 is 1.84. The zero-order valence-corrected chi connectivity index (χ0v) is 7.75. The van der Waals surface area contributed by atoms with Crippen LogP contribution in [0.1, 0.15) is 17.4 Å². The summed E-state index contributed by atoms with van der Waals surface area (Å²) in [7, 11) is 0. The van der Waals surface area contributed by atoms with Crippen molar-refractivity contribution in [3.8, 4) is 0 Å². The largest absolute Gasteiger partial charge is 0.296 e. The number of thioether (sulfide) groups is 1. The van der Waals surface area contributed by atoms with Gasteiger partial charge in [-0.3, -0.25) is 9.48 Å². The van der Waals surface area contributed by atoms with Crippen molar-refractivity contribution < 1.29 is 4.79 Å². The average Bonchev–Trinajstić information content (AvgIpc) is 2.53. The maximum Gasteiger partial charge on any atom is 0.171 e. The molecule has 1 aromatic heterocycles. The number of carbonyl (C=O) groups excluding carboxylic acids is 1. The molecule has 12 heavy (non-hydrogen) atoms. The van der Waals surface area contributed by atoms with Crippen LogP contribution >= 0.6 is 11.8 Å². The van der Waals surface area contributed by atoms with E-state index in [1.54, 1.807) is 10.9 Å². The molecule has 0 N–H and O–H groups in total. The molecule has 1 aromatic rings. The van der Waals surface area contributed by atoms with Gasteiger partial charge in [0.25, 0.3) is 0 Å². The van der Waals surface area contributed by atoms with Crippen LogP contribution in [0.5, 0.6) is 0 Å². The first kappa shape index (κ1) is 9.25. The fourth-order valence-electron chi connectivity index (χ4n) is 0.779. The fraction of sp³-hybridized carbons (Fsp3) is 0.571. The van der Waals surface area contributed by atoms with E-state index in [1.165, 1.54) is 0 Å². The Labute approximate surface area is 75.3 Å². The molecule has 0 aliphatic carbocycles. The number of hydrogen-bond donors (Lipinski definition) is 0. The SMILES string of the molecule is CCSCCn1cc(C=O)nn1. The summed E-state index contributed by atoms with van der Waals surface area (Å²) in [6.45, 7) is 2.93. The predicted octanol–water partition coefficient (Wildman–Crippen LogP) is 0.844. The van der Waals surface area contributed by atoms with Gasteiger partial charge in [-0.15, -0.1) is 5.10 Å². The smallest absolute Gasteiger partial charge is 0.171 e. The Morgan fingerprint density at radius 2 is 2.58 bits per heavy atom. The highest BCUT2D eigenvalue weighted by Gasteiger charge is 1.97. The topological polar surface area (TPSA) is 47.8 Å². The Morgan fingerprint density at radius 3 is 3.17 bits per heavy atom. The van der Waals surface area contributed by atoms with Crippen molar-refractivity contribution in [1.29, 1.82) is 0 Å². The molecule has 1 heterocycles. The van der Waals surface area contributed by atoms with Gasteiger partial charge in [0.2, 0.25) is 0 Å². The average molecular weight is 185 g/mol. The van der Waals surface area contributed by atoms with Gasteiger partial charge in [-0.1, -0.05) is 12.1 Å². The predicted molar refractivity (Wildman–Crippen MR) is 48.4 cm³/mol. The maximum absolute atomic E-state index is 10.2. The lowest BCUT2D eigenvalue weighted by Crippen LogP contribution is -2.01. The van der Waals surface area contributed by atoms with Crippen LogP contribution in [-0.4, -0.2) is 32.8 Å². The van der Waals surface area contributed by atoms with Gasteiger partial charge in [-0.25, -0.2) is 0 Å². The lowest BCUT2D eigenvalue weighted by molar-refractivity contribution is 0.111. The van der Waals surface area contributed by atoms with E-state index in [1.807, 2.05) is 11.8 Å². The molecule has 0 saturated carbocycles. The van der Waals surface area contributed by atoms with Crippen molar-refractivity contribution in [2.45, 2.75) is 13.5 Å². The van der Waals surface area contributed by atoms with E-state index in [-0.39, 0.29) is 0 Å². The molecule has 0 radical (unpaired) electrons. The molecule has 1 rings (SSSR count). The molecule has 0 aliphatic heterocycles. The van der Waals surface area contributed by atoms with E-state index in [0.29, 0.717) is 12.0 Å².